The van der Waals surface area contributed by atoms with Crippen LogP contribution in [0.3, 0.4) is 0 Å². The molecule has 3 aliphatic rings. The molecule has 1 aromatic heterocycles. The van der Waals surface area contributed by atoms with Crippen LogP contribution in [0.1, 0.15) is 35.8 Å². The van der Waals surface area contributed by atoms with Crippen LogP contribution in [0.2, 0.25) is 0 Å². The minimum absolute atomic E-state index is 0.0325. The van der Waals surface area contributed by atoms with Crippen LogP contribution in [0.4, 0.5) is 5.69 Å². The lowest BCUT2D eigenvalue weighted by molar-refractivity contribution is -0.127. The summed E-state index contributed by atoms with van der Waals surface area (Å²) in [6.45, 7) is 1.89. The molecule has 4 heterocycles. The summed E-state index contributed by atoms with van der Waals surface area (Å²) < 4.78 is 1.07. The van der Waals surface area contributed by atoms with Gasteiger partial charge in [-0.15, -0.1) is 11.3 Å². The summed E-state index contributed by atoms with van der Waals surface area (Å²) in [5.74, 6) is -0.569. The molecular weight excluding hydrogens is 474 g/mol. The van der Waals surface area contributed by atoms with Crippen molar-refractivity contribution >= 4 is 39.1 Å². The molecule has 36 heavy (non-hydrogen) atoms. The Morgan fingerprint density at radius 3 is 2.69 bits per heavy atom. The lowest BCUT2D eigenvalue weighted by Gasteiger charge is -2.41. The fraction of sp³-hybridized carbons (Fsp3) is 0.423. The topological polar surface area (TPSA) is 119 Å². The third kappa shape index (κ3) is 5.00. The minimum Gasteiger partial charge on any atom is -0.327 e. The Hall–Kier alpha value is -2.89. The number of piperidine rings is 1. The summed E-state index contributed by atoms with van der Waals surface area (Å²) in [4.78, 5) is 30.9. The van der Waals surface area contributed by atoms with Crippen LogP contribution in [0.5, 0.6) is 0 Å². The maximum absolute atomic E-state index is 13.5. The smallest absolute Gasteiger partial charge is 0.235 e. The SMILES string of the molecule is O=C1C[C@@H](NC2NC(=O)C(c3nc4ccccc4s3)C(N[C@@H]3CCCNC3)N2)Cc2ccccc2N1. The van der Waals surface area contributed by atoms with Crippen LogP contribution in [-0.2, 0) is 16.0 Å². The van der Waals surface area contributed by atoms with Crippen LogP contribution in [-0.4, -0.2) is 54.4 Å². The van der Waals surface area contributed by atoms with Crippen molar-refractivity contribution in [2.24, 2.45) is 0 Å². The van der Waals surface area contributed by atoms with Gasteiger partial charge >= 0.3 is 0 Å². The van der Waals surface area contributed by atoms with Gasteiger partial charge in [-0.25, -0.2) is 4.98 Å². The van der Waals surface area contributed by atoms with Crippen molar-refractivity contribution in [1.29, 1.82) is 0 Å². The first-order valence-electron chi connectivity index (χ1n) is 12.6. The van der Waals surface area contributed by atoms with Gasteiger partial charge in [0.05, 0.1) is 16.4 Å². The number of fused-ring (bicyclic) bond motifs is 2. The van der Waals surface area contributed by atoms with E-state index in [1.165, 1.54) is 0 Å². The maximum atomic E-state index is 13.5. The molecule has 3 unspecified atom stereocenters. The Morgan fingerprint density at radius 2 is 1.83 bits per heavy atom. The fourth-order valence-electron chi connectivity index (χ4n) is 5.40. The molecule has 10 heteroatoms. The van der Waals surface area contributed by atoms with Gasteiger partial charge in [-0.05, 0) is 49.6 Å². The number of anilines is 1. The van der Waals surface area contributed by atoms with Crippen molar-refractivity contribution < 1.29 is 9.59 Å². The highest BCUT2D eigenvalue weighted by atomic mass is 32.1. The van der Waals surface area contributed by atoms with E-state index < -0.39 is 12.2 Å². The number of carbonyl (C=O) groups excluding carboxylic acids is 2. The maximum Gasteiger partial charge on any atom is 0.235 e. The quantitative estimate of drug-likeness (QED) is 0.312. The van der Waals surface area contributed by atoms with Gasteiger partial charge in [-0.3, -0.25) is 25.5 Å². The predicted octanol–water partition coefficient (Wildman–Crippen LogP) is 1.59. The van der Waals surface area contributed by atoms with E-state index in [4.69, 9.17) is 4.98 Å². The molecule has 3 aliphatic heterocycles. The van der Waals surface area contributed by atoms with E-state index in [-0.39, 0.29) is 30.1 Å². The number of amides is 2. The second-order valence-corrected chi connectivity index (χ2v) is 10.8. The van der Waals surface area contributed by atoms with Gasteiger partial charge in [0.2, 0.25) is 11.8 Å². The number of benzene rings is 2. The number of thiazole rings is 1. The number of carbonyl (C=O) groups is 2. The van der Waals surface area contributed by atoms with Gasteiger partial charge < -0.3 is 16.0 Å². The molecule has 9 nitrogen and oxygen atoms in total. The number of aromatic nitrogens is 1. The molecule has 0 spiro atoms. The second-order valence-electron chi connectivity index (χ2n) is 9.77. The molecule has 2 saturated heterocycles. The molecule has 0 saturated carbocycles. The number of rotatable bonds is 5. The van der Waals surface area contributed by atoms with Crippen LogP contribution >= 0.6 is 11.3 Å². The molecule has 0 aliphatic carbocycles. The van der Waals surface area contributed by atoms with Gasteiger partial charge in [-0.1, -0.05) is 30.3 Å². The van der Waals surface area contributed by atoms with E-state index in [1.807, 2.05) is 48.5 Å². The molecule has 0 bridgehead atoms. The fourth-order valence-corrected chi connectivity index (χ4v) is 6.50. The summed E-state index contributed by atoms with van der Waals surface area (Å²) in [7, 11) is 0. The summed E-state index contributed by atoms with van der Waals surface area (Å²) in [6, 6.07) is 16.0. The normalized spacial score (nSPS) is 28.7. The zero-order chi connectivity index (χ0) is 24.5. The minimum atomic E-state index is -0.472. The van der Waals surface area contributed by atoms with E-state index >= 15 is 0 Å². The highest BCUT2D eigenvalue weighted by Gasteiger charge is 2.41. The first kappa shape index (κ1) is 23.5. The third-order valence-electron chi connectivity index (χ3n) is 7.13. The molecule has 0 radical (unpaired) electrons. The van der Waals surface area contributed by atoms with Gasteiger partial charge in [0, 0.05) is 30.7 Å². The van der Waals surface area contributed by atoms with Gasteiger partial charge in [0.15, 0.2) is 0 Å². The van der Waals surface area contributed by atoms with E-state index in [0.717, 1.165) is 52.4 Å². The van der Waals surface area contributed by atoms with E-state index in [2.05, 4.69) is 31.9 Å². The van der Waals surface area contributed by atoms with Gasteiger partial charge in [0.1, 0.15) is 17.2 Å². The average molecular weight is 506 g/mol. The Balaban J connectivity index is 1.23. The predicted molar refractivity (Wildman–Crippen MR) is 141 cm³/mol. The monoisotopic (exact) mass is 505 g/mol. The molecule has 2 fully saturated rings. The van der Waals surface area contributed by atoms with E-state index in [1.54, 1.807) is 11.3 Å². The van der Waals surface area contributed by atoms with E-state index in [9.17, 15) is 9.59 Å². The number of hydrogen-bond acceptors (Lipinski definition) is 8. The molecule has 3 aromatic rings. The summed E-state index contributed by atoms with van der Waals surface area (Å²) >= 11 is 1.56. The van der Waals surface area contributed by atoms with E-state index in [0.29, 0.717) is 12.8 Å². The van der Waals surface area contributed by atoms with Crippen LogP contribution < -0.4 is 31.9 Å². The second kappa shape index (κ2) is 10.2. The van der Waals surface area contributed by atoms with Crippen LogP contribution in [0.15, 0.2) is 48.5 Å². The Bertz CT molecular complexity index is 1220. The molecule has 2 aromatic carbocycles. The van der Waals surface area contributed by atoms with Crippen molar-refractivity contribution in [1.82, 2.24) is 31.6 Å². The highest BCUT2D eigenvalue weighted by molar-refractivity contribution is 7.18. The Morgan fingerprint density at radius 1 is 0.972 bits per heavy atom. The number of nitrogens with zero attached hydrogens (tertiary/aromatic N) is 1. The summed E-state index contributed by atoms with van der Waals surface area (Å²) in [6.07, 6.45) is 2.40. The lowest BCUT2D eigenvalue weighted by Crippen LogP contribution is -2.71. The van der Waals surface area contributed by atoms with Gasteiger partial charge in [-0.2, -0.15) is 0 Å². The number of para-hydroxylation sites is 2. The van der Waals surface area contributed by atoms with Crippen LogP contribution in [0.25, 0.3) is 10.2 Å². The van der Waals surface area contributed by atoms with Crippen molar-refractivity contribution in [3.63, 3.8) is 0 Å². The first-order valence-corrected chi connectivity index (χ1v) is 13.5. The summed E-state index contributed by atoms with van der Waals surface area (Å²) in [5.41, 5.74) is 2.85. The molecule has 188 valence electrons. The number of hydrogen-bond donors (Lipinski definition) is 6. The number of nitrogens with one attached hydrogen (secondary N) is 6. The molecule has 6 rings (SSSR count). The Kier molecular flexibility index (Phi) is 6.68. The standard InChI is InChI=1S/C26H31N7O2S/c34-21-13-17(12-15-6-1-2-8-18(15)30-21)29-26-32-23(28-16-7-5-11-27-14-16)22(24(35)33-26)25-31-19-9-3-4-10-20(19)36-25/h1-4,6,8-10,16-17,22-23,26-29,32H,5,7,11-14H2,(H,30,34)(H,33,35)/t16-,17+,22?,23?,26?/m1/s1. The van der Waals surface area contributed by atoms with Gasteiger partial charge in [0.25, 0.3) is 0 Å². The molecule has 5 atom stereocenters. The highest BCUT2D eigenvalue weighted by Crippen LogP contribution is 2.31. The van der Waals surface area contributed by atoms with Crippen molar-refractivity contribution in [3.8, 4) is 0 Å². The van der Waals surface area contributed by atoms with Crippen LogP contribution in [0, 0.1) is 0 Å². The summed E-state index contributed by atoms with van der Waals surface area (Å²) in [5, 5.41) is 21.1. The lowest BCUT2D eigenvalue weighted by atomic mass is 9.99. The first-order chi connectivity index (χ1) is 17.6. The average Bonchev–Trinajstić information content (AvgIpc) is 3.21. The molecule has 6 N–H and O–H groups in total. The van der Waals surface area contributed by atoms with Crippen molar-refractivity contribution in [2.45, 2.75) is 56.1 Å². The zero-order valence-electron chi connectivity index (χ0n) is 19.9. The molecular formula is C26H31N7O2S. The van der Waals surface area contributed by atoms with Crippen molar-refractivity contribution in [3.05, 3.63) is 59.1 Å². The Labute approximate surface area is 213 Å². The molecule has 2 amide bonds. The zero-order valence-corrected chi connectivity index (χ0v) is 20.7. The third-order valence-corrected chi connectivity index (χ3v) is 8.25. The van der Waals surface area contributed by atoms with Crippen molar-refractivity contribution in [2.75, 3.05) is 18.4 Å². The largest absolute Gasteiger partial charge is 0.327 e.